The van der Waals surface area contributed by atoms with Gasteiger partial charge in [-0.2, -0.15) is 0 Å². The first kappa shape index (κ1) is 12.1. The zero-order valence-electron chi connectivity index (χ0n) is 8.71. The minimum Gasteiger partial charge on any atom is -0.347 e. The van der Waals surface area contributed by atoms with Crippen LogP contribution in [0.15, 0.2) is 12.1 Å². The Labute approximate surface area is 107 Å². The van der Waals surface area contributed by atoms with Crippen molar-refractivity contribution in [1.29, 1.82) is 0 Å². The van der Waals surface area contributed by atoms with Gasteiger partial charge in [0.2, 0.25) is 0 Å². The highest BCUT2D eigenvalue weighted by atomic mass is 35.5. The van der Waals surface area contributed by atoms with Gasteiger partial charge in [0.15, 0.2) is 5.78 Å². The fraction of sp³-hybridized carbons (Fsp3) is 0.182. The molecule has 0 saturated carbocycles. The number of carbonyl (C=O) groups is 2. The first-order valence-electron chi connectivity index (χ1n) is 4.76. The second kappa shape index (κ2) is 4.16. The van der Waals surface area contributed by atoms with Crippen LogP contribution in [0.1, 0.15) is 17.3 Å². The Kier molecular flexibility index (Phi) is 2.97. The summed E-state index contributed by atoms with van der Waals surface area (Å²) in [7, 11) is 0. The van der Waals surface area contributed by atoms with Gasteiger partial charge in [-0.15, -0.1) is 0 Å². The molecule has 0 radical (unpaired) electrons. The summed E-state index contributed by atoms with van der Waals surface area (Å²) in [5, 5.41) is 2.78. The summed E-state index contributed by atoms with van der Waals surface area (Å²) in [6, 6.07) is 2.13. The normalized spacial score (nSPS) is 18.6. The molecule has 1 aromatic carbocycles. The molecule has 88 valence electrons. The third-order valence-electron chi connectivity index (χ3n) is 2.50. The van der Waals surface area contributed by atoms with E-state index < -0.39 is 17.5 Å². The predicted molar refractivity (Wildman–Crippen MR) is 66.1 cm³/mol. The Bertz CT molecular complexity index is 559. The number of hydrogen-bond acceptors (Lipinski definition) is 3. The number of ketones is 2. The standard InChI is InChI=1S/C11H7ClFNO2S/c1-4(15)8-10(16)6-2-5(13)3-7(12)9(6)14-11(8)17/h2-3,8H,1H3,(H,14,17). The Morgan fingerprint density at radius 1 is 1.53 bits per heavy atom. The van der Waals surface area contributed by atoms with Gasteiger partial charge >= 0.3 is 0 Å². The zero-order chi connectivity index (χ0) is 12.7. The van der Waals surface area contributed by atoms with Crippen LogP contribution in [-0.4, -0.2) is 16.6 Å². The number of benzene rings is 1. The third kappa shape index (κ3) is 1.96. The van der Waals surface area contributed by atoms with Crippen molar-refractivity contribution in [3.05, 3.63) is 28.5 Å². The highest BCUT2D eigenvalue weighted by Crippen LogP contribution is 2.33. The number of hydrogen-bond donors (Lipinski definition) is 1. The molecule has 0 bridgehead atoms. The molecule has 0 spiro atoms. The van der Waals surface area contributed by atoms with Crippen molar-refractivity contribution in [3.63, 3.8) is 0 Å². The minimum atomic E-state index is -1.05. The van der Waals surface area contributed by atoms with Crippen molar-refractivity contribution < 1.29 is 14.0 Å². The Morgan fingerprint density at radius 2 is 2.18 bits per heavy atom. The van der Waals surface area contributed by atoms with Gasteiger partial charge < -0.3 is 5.32 Å². The van der Waals surface area contributed by atoms with Gasteiger partial charge in [-0.25, -0.2) is 4.39 Å². The summed E-state index contributed by atoms with van der Waals surface area (Å²) in [6.45, 7) is 1.27. The van der Waals surface area contributed by atoms with E-state index >= 15 is 0 Å². The Morgan fingerprint density at radius 3 is 2.76 bits per heavy atom. The van der Waals surface area contributed by atoms with E-state index in [-0.39, 0.29) is 27.0 Å². The number of halogens is 2. The SMILES string of the molecule is CC(=O)C1C(=O)c2cc(F)cc(Cl)c2NC1=S. The number of rotatable bonds is 1. The summed E-state index contributed by atoms with van der Waals surface area (Å²) in [4.78, 5) is 23.4. The lowest BCUT2D eigenvalue weighted by atomic mass is 9.89. The fourth-order valence-corrected chi connectivity index (χ4v) is 2.36. The predicted octanol–water partition coefficient (Wildman–Crippen LogP) is 2.62. The molecule has 1 N–H and O–H groups in total. The van der Waals surface area contributed by atoms with Gasteiger partial charge in [0.05, 0.1) is 15.7 Å². The maximum Gasteiger partial charge on any atom is 0.182 e. The first-order valence-corrected chi connectivity index (χ1v) is 5.55. The van der Waals surface area contributed by atoms with Gasteiger partial charge in [-0.1, -0.05) is 23.8 Å². The van der Waals surface area contributed by atoms with E-state index in [1.807, 2.05) is 0 Å². The van der Waals surface area contributed by atoms with Crippen LogP contribution in [0.5, 0.6) is 0 Å². The van der Waals surface area contributed by atoms with Gasteiger partial charge in [0.1, 0.15) is 17.5 Å². The lowest BCUT2D eigenvalue weighted by molar-refractivity contribution is -0.117. The number of fused-ring (bicyclic) bond motifs is 1. The van der Waals surface area contributed by atoms with Crippen molar-refractivity contribution in [2.24, 2.45) is 5.92 Å². The molecule has 0 aliphatic carbocycles. The number of nitrogens with one attached hydrogen (secondary N) is 1. The highest BCUT2D eigenvalue weighted by Gasteiger charge is 2.36. The molecule has 1 unspecified atom stereocenters. The minimum absolute atomic E-state index is 0.0591. The molecule has 17 heavy (non-hydrogen) atoms. The summed E-state index contributed by atoms with van der Waals surface area (Å²) in [6.07, 6.45) is 0. The van der Waals surface area contributed by atoms with Gasteiger partial charge in [0.25, 0.3) is 0 Å². The molecule has 1 aliphatic heterocycles. The number of Topliss-reactive ketones (excluding diaryl/α,β-unsaturated/α-hetero) is 2. The fourth-order valence-electron chi connectivity index (χ4n) is 1.73. The van der Waals surface area contributed by atoms with E-state index in [2.05, 4.69) is 5.32 Å². The quantitative estimate of drug-likeness (QED) is 0.630. The van der Waals surface area contributed by atoms with E-state index in [1.54, 1.807) is 0 Å². The molecule has 2 rings (SSSR count). The molecule has 3 nitrogen and oxygen atoms in total. The van der Waals surface area contributed by atoms with Crippen LogP contribution in [0.4, 0.5) is 10.1 Å². The van der Waals surface area contributed by atoms with E-state index in [0.717, 1.165) is 12.1 Å². The van der Waals surface area contributed by atoms with Crippen LogP contribution >= 0.6 is 23.8 Å². The number of anilines is 1. The van der Waals surface area contributed by atoms with Crippen molar-refractivity contribution in [3.8, 4) is 0 Å². The third-order valence-corrected chi connectivity index (χ3v) is 3.14. The van der Waals surface area contributed by atoms with Crippen LogP contribution < -0.4 is 5.32 Å². The maximum atomic E-state index is 13.2. The molecule has 1 aliphatic rings. The largest absolute Gasteiger partial charge is 0.347 e. The summed E-state index contributed by atoms with van der Waals surface area (Å²) in [5.74, 6) is -2.56. The van der Waals surface area contributed by atoms with Crippen molar-refractivity contribution in [1.82, 2.24) is 0 Å². The lowest BCUT2D eigenvalue weighted by Crippen LogP contribution is -2.38. The van der Waals surface area contributed by atoms with Crippen molar-refractivity contribution in [2.75, 3.05) is 5.32 Å². The van der Waals surface area contributed by atoms with Crippen molar-refractivity contribution in [2.45, 2.75) is 6.92 Å². The highest BCUT2D eigenvalue weighted by molar-refractivity contribution is 7.80. The van der Waals surface area contributed by atoms with Crippen LogP contribution in [0.25, 0.3) is 0 Å². The summed E-state index contributed by atoms with van der Waals surface area (Å²) < 4.78 is 13.2. The molecule has 1 atom stereocenters. The smallest absolute Gasteiger partial charge is 0.182 e. The molecule has 1 heterocycles. The molecule has 0 saturated heterocycles. The molecule has 0 fully saturated rings. The maximum absolute atomic E-state index is 13.2. The van der Waals surface area contributed by atoms with E-state index in [1.165, 1.54) is 6.92 Å². The summed E-state index contributed by atoms with van der Waals surface area (Å²) >= 11 is 10.7. The van der Waals surface area contributed by atoms with E-state index in [4.69, 9.17) is 23.8 Å². The molecule has 1 aromatic rings. The average molecular weight is 272 g/mol. The van der Waals surface area contributed by atoms with Crippen LogP contribution in [0, 0.1) is 11.7 Å². The number of thiocarbonyl (C=S) groups is 1. The van der Waals surface area contributed by atoms with Crippen molar-refractivity contribution >= 4 is 46.1 Å². The van der Waals surface area contributed by atoms with Gasteiger partial charge in [-0.05, 0) is 19.1 Å². The topological polar surface area (TPSA) is 46.2 Å². The second-order valence-corrected chi connectivity index (χ2v) is 4.55. The van der Waals surface area contributed by atoms with Gasteiger partial charge in [-0.3, -0.25) is 9.59 Å². The van der Waals surface area contributed by atoms with Gasteiger partial charge in [0, 0.05) is 5.56 Å². The average Bonchev–Trinajstić information content (AvgIpc) is 2.19. The molecular weight excluding hydrogens is 265 g/mol. The van der Waals surface area contributed by atoms with Crippen LogP contribution in [0.2, 0.25) is 5.02 Å². The van der Waals surface area contributed by atoms with Crippen LogP contribution in [0.3, 0.4) is 0 Å². The van der Waals surface area contributed by atoms with Crippen LogP contribution in [-0.2, 0) is 4.79 Å². The number of carbonyl (C=O) groups excluding carboxylic acids is 2. The molecular formula is C11H7ClFNO2S. The molecule has 6 heteroatoms. The molecule has 0 aromatic heterocycles. The first-order chi connectivity index (χ1) is 7.91. The molecule has 0 amide bonds. The Balaban J connectivity index is 2.62. The Hall–Kier alpha value is -1.33. The second-order valence-electron chi connectivity index (χ2n) is 3.71. The lowest BCUT2D eigenvalue weighted by Gasteiger charge is -2.24. The zero-order valence-corrected chi connectivity index (χ0v) is 10.3. The summed E-state index contributed by atoms with van der Waals surface area (Å²) in [5.41, 5.74) is 0.323. The monoisotopic (exact) mass is 271 g/mol. The van der Waals surface area contributed by atoms with E-state index in [0.29, 0.717) is 0 Å². The van der Waals surface area contributed by atoms with E-state index in [9.17, 15) is 14.0 Å².